The zero-order valence-corrected chi connectivity index (χ0v) is 10.8. The zero-order valence-electron chi connectivity index (χ0n) is 10.8. The summed E-state index contributed by atoms with van der Waals surface area (Å²) in [5.41, 5.74) is 3.46. The van der Waals surface area contributed by atoms with Crippen molar-refractivity contribution in [3.05, 3.63) is 59.2 Å². The van der Waals surface area contributed by atoms with Gasteiger partial charge in [0, 0.05) is 30.3 Å². The molecule has 0 saturated carbocycles. The van der Waals surface area contributed by atoms with Gasteiger partial charge in [-0.05, 0) is 19.4 Å². The molecule has 0 bridgehead atoms. The van der Waals surface area contributed by atoms with E-state index in [4.69, 9.17) is 4.98 Å². The molecule has 0 radical (unpaired) electrons. The Morgan fingerprint density at radius 3 is 2.67 bits per heavy atom. The van der Waals surface area contributed by atoms with E-state index in [-0.39, 0.29) is 5.41 Å². The van der Waals surface area contributed by atoms with E-state index in [1.54, 1.807) is 0 Å². The summed E-state index contributed by atoms with van der Waals surface area (Å²) in [7, 11) is 0. The fourth-order valence-corrected chi connectivity index (χ4v) is 2.34. The van der Waals surface area contributed by atoms with Crippen molar-refractivity contribution in [3.8, 4) is 0 Å². The van der Waals surface area contributed by atoms with Crippen LogP contribution in [0.2, 0.25) is 0 Å². The molecule has 1 N–H and O–H groups in total. The Bertz CT molecular complexity index is 561. The molecule has 0 saturated heterocycles. The summed E-state index contributed by atoms with van der Waals surface area (Å²) in [6.45, 7) is 6.09. The Morgan fingerprint density at radius 1 is 1.11 bits per heavy atom. The first kappa shape index (κ1) is 11.4. The van der Waals surface area contributed by atoms with Crippen LogP contribution in [0.25, 0.3) is 0 Å². The van der Waals surface area contributed by atoms with E-state index < -0.39 is 0 Å². The first-order valence-electron chi connectivity index (χ1n) is 6.29. The summed E-state index contributed by atoms with van der Waals surface area (Å²) < 4.78 is 0. The van der Waals surface area contributed by atoms with E-state index in [2.05, 4.69) is 48.4 Å². The second-order valence-electron chi connectivity index (χ2n) is 5.26. The number of hydrogen-bond donors (Lipinski definition) is 1. The maximum Gasteiger partial charge on any atom is 0.138 e. The van der Waals surface area contributed by atoms with Crippen molar-refractivity contribution >= 4 is 0 Å². The number of nitrogens with one attached hydrogen (secondary N) is 1. The van der Waals surface area contributed by atoms with Crippen LogP contribution in [0.15, 0.2) is 36.5 Å². The van der Waals surface area contributed by atoms with Crippen LogP contribution in [0.3, 0.4) is 0 Å². The molecular formula is C15H17N3. The standard InChI is InChI=1S/C15H17N3/c1-15(2,12-6-4-3-5-7-12)14-17-9-11-8-16-10-13(11)18-14/h3-7,9,16H,8,10H2,1-2H3. The van der Waals surface area contributed by atoms with Crippen molar-refractivity contribution in [2.45, 2.75) is 32.4 Å². The predicted molar refractivity (Wildman–Crippen MR) is 71.1 cm³/mol. The highest BCUT2D eigenvalue weighted by Crippen LogP contribution is 2.29. The third-order valence-corrected chi connectivity index (χ3v) is 3.62. The number of fused-ring (bicyclic) bond motifs is 1. The van der Waals surface area contributed by atoms with E-state index in [1.165, 1.54) is 11.1 Å². The molecule has 0 amide bonds. The molecule has 1 aliphatic heterocycles. The topological polar surface area (TPSA) is 37.8 Å². The fourth-order valence-electron chi connectivity index (χ4n) is 2.34. The van der Waals surface area contributed by atoms with Crippen molar-refractivity contribution in [2.24, 2.45) is 0 Å². The molecule has 1 aromatic carbocycles. The van der Waals surface area contributed by atoms with Gasteiger partial charge >= 0.3 is 0 Å². The van der Waals surface area contributed by atoms with Crippen LogP contribution in [-0.2, 0) is 18.5 Å². The summed E-state index contributed by atoms with van der Waals surface area (Å²) in [5.74, 6) is 0.899. The van der Waals surface area contributed by atoms with Gasteiger partial charge in [0.2, 0.25) is 0 Å². The average molecular weight is 239 g/mol. The van der Waals surface area contributed by atoms with E-state index >= 15 is 0 Å². The number of benzene rings is 1. The molecule has 3 rings (SSSR count). The van der Waals surface area contributed by atoms with Gasteiger partial charge in [-0.25, -0.2) is 9.97 Å². The van der Waals surface area contributed by atoms with E-state index in [1.807, 2.05) is 12.3 Å². The van der Waals surface area contributed by atoms with E-state index in [9.17, 15) is 0 Å². The summed E-state index contributed by atoms with van der Waals surface area (Å²) in [4.78, 5) is 9.28. The normalized spacial score (nSPS) is 14.6. The molecule has 18 heavy (non-hydrogen) atoms. The van der Waals surface area contributed by atoms with Crippen LogP contribution in [0.4, 0.5) is 0 Å². The molecule has 0 atom stereocenters. The van der Waals surface area contributed by atoms with Crippen LogP contribution in [0.1, 0.15) is 36.5 Å². The van der Waals surface area contributed by atoms with Gasteiger partial charge in [-0.15, -0.1) is 0 Å². The summed E-state index contributed by atoms with van der Waals surface area (Å²) in [6.07, 6.45) is 1.96. The van der Waals surface area contributed by atoms with Gasteiger partial charge in [0.15, 0.2) is 0 Å². The van der Waals surface area contributed by atoms with Crippen molar-refractivity contribution in [1.29, 1.82) is 0 Å². The Balaban J connectivity index is 2.04. The number of aromatic nitrogens is 2. The second-order valence-corrected chi connectivity index (χ2v) is 5.26. The molecule has 3 nitrogen and oxygen atoms in total. The lowest BCUT2D eigenvalue weighted by Crippen LogP contribution is -2.23. The van der Waals surface area contributed by atoms with Crippen molar-refractivity contribution in [2.75, 3.05) is 0 Å². The van der Waals surface area contributed by atoms with Crippen LogP contribution in [-0.4, -0.2) is 9.97 Å². The van der Waals surface area contributed by atoms with Crippen LogP contribution >= 0.6 is 0 Å². The molecule has 2 aromatic rings. The van der Waals surface area contributed by atoms with Gasteiger partial charge < -0.3 is 5.32 Å². The Morgan fingerprint density at radius 2 is 1.89 bits per heavy atom. The van der Waals surface area contributed by atoms with Crippen molar-refractivity contribution in [3.63, 3.8) is 0 Å². The van der Waals surface area contributed by atoms with Gasteiger partial charge in [0.25, 0.3) is 0 Å². The van der Waals surface area contributed by atoms with Gasteiger partial charge in [0.1, 0.15) is 5.82 Å². The summed E-state index contributed by atoms with van der Waals surface area (Å²) in [5, 5.41) is 3.30. The van der Waals surface area contributed by atoms with Gasteiger partial charge in [-0.1, -0.05) is 30.3 Å². The molecule has 92 valence electrons. The molecule has 0 spiro atoms. The maximum atomic E-state index is 4.73. The monoisotopic (exact) mass is 239 g/mol. The molecule has 0 fully saturated rings. The summed E-state index contributed by atoms with van der Waals surface area (Å²) >= 11 is 0. The van der Waals surface area contributed by atoms with Gasteiger partial charge in [0.05, 0.1) is 5.69 Å². The largest absolute Gasteiger partial charge is 0.307 e. The summed E-state index contributed by atoms with van der Waals surface area (Å²) in [6, 6.07) is 10.4. The first-order valence-corrected chi connectivity index (χ1v) is 6.29. The molecular weight excluding hydrogens is 222 g/mol. The van der Waals surface area contributed by atoms with Gasteiger partial charge in [-0.2, -0.15) is 0 Å². The number of rotatable bonds is 2. The lowest BCUT2D eigenvalue weighted by Gasteiger charge is -2.23. The highest BCUT2D eigenvalue weighted by molar-refractivity contribution is 5.32. The SMILES string of the molecule is CC(C)(c1ccccc1)c1ncc2c(n1)CNC2. The minimum atomic E-state index is -0.154. The third-order valence-electron chi connectivity index (χ3n) is 3.62. The van der Waals surface area contributed by atoms with E-state index in [0.29, 0.717) is 0 Å². The lowest BCUT2D eigenvalue weighted by atomic mass is 9.83. The highest BCUT2D eigenvalue weighted by atomic mass is 15.0. The Hall–Kier alpha value is -1.74. The fraction of sp³-hybridized carbons (Fsp3) is 0.333. The molecule has 3 heteroatoms. The number of nitrogens with zero attached hydrogens (tertiary/aromatic N) is 2. The van der Waals surface area contributed by atoms with Gasteiger partial charge in [-0.3, -0.25) is 0 Å². The smallest absolute Gasteiger partial charge is 0.138 e. The average Bonchev–Trinajstić information content (AvgIpc) is 2.87. The van der Waals surface area contributed by atoms with Crippen molar-refractivity contribution in [1.82, 2.24) is 15.3 Å². The lowest BCUT2D eigenvalue weighted by molar-refractivity contribution is 0.585. The molecule has 0 aliphatic carbocycles. The van der Waals surface area contributed by atoms with E-state index in [0.717, 1.165) is 24.6 Å². The van der Waals surface area contributed by atoms with Crippen LogP contribution in [0.5, 0.6) is 0 Å². The highest BCUT2D eigenvalue weighted by Gasteiger charge is 2.27. The number of hydrogen-bond acceptors (Lipinski definition) is 3. The molecule has 1 aliphatic rings. The molecule has 1 aromatic heterocycles. The van der Waals surface area contributed by atoms with Crippen LogP contribution < -0.4 is 5.32 Å². The molecule has 0 unspecified atom stereocenters. The minimum Gasteiger partial charge on any atom is -0.307 e. The maximum absolute atomic E-state index is 4.73. The van der Waals surface area contributed by atoms with Crippen LogP contribution in [0, 0.1) is 0 Å². The predicted octanol–water partition coefficient (Wildman–Crippen LogP) is 2.41. The minimum absolute atomic E-state index is 0.154. The first-order chi connectivity index (χ1) is 8.68. The quantitative estimate of drug-likeness (QED) is 0.874. The second kappa shape index (κ2) is 4.18. The third kappa shape index (κ3) is 1.81. The Kier molecular flexibility index (Phi) is 2.63. The molecule has 2 heterocycles. The van der Waals surface area contributed by atoms with Crippen molar-refractivity contribution < 1.29 is 0 Å². The zero-order chi connectivity index (χ0) is 12.6. The Labute approximate surface area is 107 Å².